The molecule has 0 saturated carbocycles. The Balaban J connectivity index is 0.754. The minimum atomic E-state index is -4.94. The van der Waals surface area contributed by atoms with E-state index in [9.17, 15) is 31.6 Å². The molecule has 4 N–H and O–H groups in total. The lowest BCUT2D eigenvalue weighted by molar-refractivity contribution is -0.369. The second-order valence-corrected chi connectivity index (χ2v) is 26.8. The van der Waals surface area contributed by atoms with Gasteiger partial charge in [-0.25, -0.2) is 8.37 Å². The summed E-state index contributed by atoms with van der Waals surface area (Å²) >= 11 is 0. The van der Waals surface area contributed by atoms with Gasteiger partial charge in [-0.3, -0.25) is 9.11 Å². The lowest BCUT2D eigenvalue weighted by Crippen LogP contribution is -2.74. The van der Waals surface area contributed by atoms with Crippen LogP contribution in [0.3, 0.4) is 0 Å². The fraction of sp³-hybridized carbons (Fsp3) is 0.885. The quantitative estimate of drug-likeness (QED) is 0.144. The zero-order chi connectivity index (χ0) is 53.4. The van der Waals surface area contributed by atoms with E-state index in [4.69, 9.17) is 60.8 Å². The van der Waals surface area contributed by atoms with Gasteiger partial charge in [0.1, 0.15) is 35.6 Å². The molecule has 0 amide bonds. The van der Waals surface area contributed by atoms with Crippen molar-refractivity contribution in [1.29, 1.82) is 0 Å². The summed E-state index contributed by atoms with van der Waals surface area (Å²) in [6.07, 6.45) is 1.10. The highest BCUT2D eigenvalue weighted by Crippen LogP contribution is 2.54. The van der Waals surface area contributed by atoms with E-state index < -0.39 is 123 Å². The summed E-state index contributed by atoms with van der Waals surface area (Å²) in [5.74, 6) is 0.0731. The molecule has 21 nitrogen and oxygen atoms in total. The highest BCUT2D eigenvalue weighted by atomic mass is 32.3. The molecular formula is C52H78O21S2. The molecule has 0 spiro atoms. The van der Waals surface area contributed by atoms with Crippen LogP contribution in [0, 0.1) is 5.92 Å². The summed E-state index contributed by atoms with van der Waals surface area (Å²) in [7, 11) is -9.73. The van der Waals surface area contributed by atoms with Crippen molar-refractivity contribution in [3.8, 4) is 0 Å². The summed E-state index contributed by atoms with van der Waals surface area (Å²) in [6, 6.07) is 0. The van der Waals surface area contributed by atoms with E-state index in [1.807, 2.05) is 6.92 Å². The van der Waals surface area contributed by atoms with Crippen molar-refractivity contribution in [2.45, 2.75) is 275 Å². The molecule has 26 atom stereocenters. The Bertz CT molecular complexity index is 2420. The standard InChI is InChI=1S/C52H78O21S2/c1-9-10-13-48(4,54)47-27(3)18-36-35(68-47)24-43-52(8,71-36)46(53)45-39(67-43)22-38-44(69-45)26(2)11-14-50(6)41(66-38)25-40-51(7,73-50)15-12-28-29(65-40)19-31-30(62-28)20-32-33(63-31)21-37-34(64-32)23-42(72-75(58,59)60)49(5,70-37)16-17-61-74(55,56)57/h9-10,13,26,28-47,53-54H,1,3,11-12,14-25H2,2,4-8H3,(H,55,56,57)(H,58,59,60)/b13-10+/t26-,28-,29?,30+,31?,32-,33?,34+,35?,36-,37?,38?,39?,40?,41?,42-,43?,44+,45+,46?,47-,48+,49?,50-,51+,52-/m0/s1. The number of fused-ring (bicyclic) bond motifs is 10. The van der Waals surface area contributed by atoms with Crippen LogP contribution in [-0.4, -0.2) is 193 Å². The van der Waals surface area contributed by atoms with Crippen LogP contribution in [0.4, 0.5) is 0 Å². The first-order valence-electron chi connectivity index (χ1n) is 27.1. The van der Waals surface area contributed by atoms with Crippen LogP contribution in [0.5, 0.6) is 0 Å². The van der Waals surface area contributed by atoms with Crippen molar-refractivity contribution in [1.82, 2.24) is 0 Å². The van der Waals surface area contributed by atoms with Gasteiger partial charge < -0.3 is 62.3 Å². The molecule has 0 bridgehead atoms. The summed E-state index contributed by atoms with van der Waals surface area (Å²) in [5, 5.41) is 23.6. The van der Waals surface area contributed by atoms with Crippen molar-refractivity contribution >= 4 is 20.8 Å². The zero-order valence-electron chi connectivity index (χ0n) is 43.7. The van der Waals surface area contributed by atoms with Crippen LogP contribution in [0.2, 0.25) is 0 Å². The number of hydrogen-bond donors (Lipinski definition) is 4. The van der Waals surface area contributed by atoms with Crippen LogP contribution in [0.15, 0.2) is 37.0 Å². The zero-order valence-corrected chi connectivity index (χ0v) is 45.3. The van der Waals surface area contributed by atoms with Crippen molar-refractivity contribution < 1.29 is 96.6 Å². The average Bonchev–Trinajstić information content (AvgIpc) is 3.45. The van der Waals surface area contributed by atoms with E-state index in [1.54, 1.807) is 25.2 Å². The highest BCUT2D eigenvalue weighted by molar-refractivity contribution is 7.81. The Hall–Kier alpha value is -1.56. The van der Waals surface area contributed by atoms with Crippen LogP contribution < -0.4 is 0 Å². The summed E-state index contributed by atoms with van der Waals surface area (Å²) in [4.78, 5) is 0. The molecule has 11 aliphatic heterocycles. The van der Waals surface area contributed by atoms with E-state index in [-0.39, 0.29) is 73.7 Å². The Morgan fingerprint density at radius 1 is 0.667 bits per heavy atom. The van der Waals surface area contributed by atoms with E-state index in [2.05, 4.69) is 38.1 Å². The topological polar surface area (TPSA) is 269 Å². The third-order valence-electron chi connectivity index (χ3n) is 19.1. The SMILES string of the molecule is C=C/C=C/[C@@](C)(O)[C@H]1OC2CC3OC4CC5OC6CC7OC8CC9OC%10CC%11OC(C)(CCOS(=O)(=O)O)[C@@H](OS(=O)(=O)O)C[C@H]%11O[C@H]%10C[C@H]9O[C@H]8CC[C@@]7(C)O[C@@]6(C)CC[C@H](C)[C@H]5O[C@H]4C(O)[C@@]3(C)O[C@H]2CC1=C. The first-order chi connectivity index (χ1) is 35.1. The smallest absolute Gasteiger partial charge is 0.387 e. The van der Waals surface area contributed by atoms with E-state index in [0.717, 1.165) is 12.8 Å². The third-order valence-corrected chi connectivity index (χ3v) is 20.1. The molecular weight excluding hydrogens is 1020 g/mol. The second kappa shape index (κ2) is 19.9. The van der Waals surface area contributed by atoms with Gasteiger partial charge in [0, 0.05) is 51.4 Å². The van der Waals surface area contributed by atoms with Crippen molar-refractivity contribution in [2.75, 3.05) is 6.61 Å². The molecule has 0 aromatic heterocycles. The lowest BCUT2D eigenvalue weighted by atomic mass is 9.73. The molecule has 23 heteroatoms. The maximum atomic E-state index is 12.3. The number of allylic oxidation sites excluding steroid dienone is 2. The fourth-order valence-corrected chi connectivity index (χ4v) is 15.9. The van der Waals surface area contributed by atoms with Gasteiger partial charge in [-0.1, -0.05) is 38.3 Å². The molecule has 75 heavy (non-hydrogen) atoms. The Morgan fingerprint density at radius 2 is 1.23 bits per heavy atom. The molecule has 0 aromatic carbocycles. The Kier molecular flexibility index (Phi) is 14.7. The second-order valence-electron chi connectivity index (χ2n) is 24.6. The van der Waals surface area contributed by atoms with Crippen molar-refractivity contribution in [3.63, 3.8) is 0 Å². The molecule has 11 fully saturated rings. The Labute approximate surface area is 440 Å². The lowest BCUT2D eigenvalue weighted by Gasteiger charge is -2.61. The number of rotatable bonds is 9. The third kappa shape index (κ3) is 10.6. The van der Waals surface area contributed by atoms with Crippen LogP contribution in [0.1, 0.15) is 125 Å². The summed E-state index contributed by atoms with van der Waals surface area (Å²) in [6.45, 7) is 19.1. The van der Waals surface area contributed by atoms with Gasteiger partial charge in [0.05, 0.1) is 121 Å². The average molecular weight is 1100 g/mol. The maximum absolute atomic E-state index is 12.3. The molecule has 0 aliphatic carbocycles. The molecule has 424 valence electrons. The first-order valence-corrected chi connectivity index (χ1v) is 29.8. The van der Waals surface area contributed by atoms with Gasteiger partial charge in [-0.15, -0.1) is 0 Å². The number of ether oxygens (including phenoxy) is 11. The minimum absolute atomic E-state index is 0.00420. The molecule has 0 radical (unpaired) electrons. The van der Waals surface area contributed by atoms with Gasteiger partial charge in [-0.05, 0) is 78.2 Å². The number of aliphatic hydroxyl groups excluding tert-OH is 1. The molecule has 11 heterocycles. The fourth-order valence-electron chi connectivity index (χ4n) is 15.0. The first kappa shape index (κ1) is 55.4. The van der Waals surface area contributed by atoms with Crippen LogP contribution in [-0.2, 0) is 81.3 Å². The molecule has 0 aromatic rings. The van der Waals surface area contributed by atoms with E-state index in [1.165, 1.54) is 6.92 Å². The van der Waals surface area contributed by atoms with Gasteiger partial charge in [-0.2, -0.15) is 16.8 Å². The predicted molar refractivity (Wildman–Crippen MR) is 262 cm³/mol. The van der Waals surface area contributed by atoms with Gasteiger partial charge in [0.2, 0.25) is 0 Å². The van der Waals surface area contributed by atoms with Gasteiger partial charge in [0.15, 0.2) is 0 Å². The minimum Gasteiger partial charge on any atom is -0.387 e. The summed E-state index contributed by atoms with van der Waals surface area (Å²) < 4.78 is 151. The molecule has 11 rings (SSSR count). The van der Waals surface area contributed by atoms with E-state index >= 15 is 0 Å². The van der Waals surface area contributed by atoms with Gasteiger partial charge >= 0.3 is 20.8 Å². The Morgan fingerprint density at radius 3 is 1.88 bits per heavy atom. The molecule has 11 aliphatic rings. The van der Waals surface area contributed by atoms with Crippen molar-refractivity contribution in [3.05, 3.63) is 37.0 Å². The normalized spacial score (nSPS) is 52.6. The monoisotopic (exact) mass is 1100 g/mol. The van der Waals surface area contributed by atoms with Crippen molar-refractivity contribution in [2.24, 2.45) is 5.92 Å². The predicted octanol–water partition coefficient (Wildman–Crippen LogP) is 4.11. The van der Waals surface area contributed by atoms with Crippen LogP contribution >= 0.6 is 0 Å². The number of hydrogen-bond acceptors (Lipinski definition) is 19. The molecule has 12 unspecified atom stereocenters. The summed E-state index contributed by atoms with van der Waals surface area (Å²) in [5.41, 5.74) is -4.43. The van der Waals surface area contributed by atoms with Gasteiger partial charge in [0.25, 0.3) is 0 Å². The van der Waals surface area contributed by atoms with E-state index in [0.29, 0.717) is 63.4 Å². The maximum Gasteiger partial charge on any atom is 0.397 e. The highest BCUT2D eigenvalue weighted by Gasteiger charge is 2.65. The molecule has 11 saturated heterocycles. The number of aliphatic hydroxyl groups is 2. The van der Waals surface area contributed by atoms with Crippen LogP contribution in [0.25, 0.3) is 0 Å². The largest absolute Gasteiger partial charge is 0.397 e.